The number of rotatable bonds is 2. The van der Waals surface area contributed by atoms with E-state index in [4.69, 9.17) is 12.2 Å². The first-order valence-corrected chi connectivity index (χ1v) is 7.79. The third-order valence-corrected chi connectivity index (χ3v) is 4.24. The van der Waals surface area contributed by atoms with Crippen molar-refractivity contribution in [2.75, 3.05) is 0 Å². The fourth-order valence-corrected chi connectivity index (χ4v) is 2.87. The topological polar surface area (TPSA) is 63.4 Å². The van der Waals surface area contributed by atoms with Crippen molar-refractivity contribution in [3.63, 3.8) is 0 Å². The van der Waals surface area contributed by atoms with E-state index in [1.54, 1.807) is 0 Å². The van der Waals surface area contributed by atoms with Gasteiger partial charge in [-0.3, -0.25) is 0 Å². The Balaban J connectivity index is 2.37. The van der Waals surface area contributed by atoms with Crippen LogP contribution in [0.3, 0.4) is 0 Å². The number of nitrogens with one attached hydrogen (secondary N) is 1. The molecule has 0 aliphatic carbocycles. The molecule has 0 aliphatic rings. The van der Waals surface area contributed by atoms with Crippen LogP contribution < -0.4 is 0 Å². The number of hydrogen-bond donors (Lipinski definition) is 1. The van der Waals surface area contributed by atoms with Gasteiger partial charge in [-0.1, -0.05) is 72.4 Å². The maximum absolute atomic E-state index is 9.55. The van der Waals surface area contributed by atoms with E-state index < -0.39 is 0 Å². The number of nitrogens with zero attached hydrogens (tertiary/aromatic N) is 2. The van der Waals surface area contributed by atoms with Crippen LogP contribution in [0.4, 0.5) is 0 Å². The van der Waals surface area contributed by atoms with Crippen LogP contribution in [0.5, 0.6) is 0 Å². The monoisotopic (exact) mass is 327 g/mol. The normalized spacial score (nSPS) is 9.96. The van der Waals surface area contributed by atoms with Crippen molar-refractivity contribution in [1.82, 2.24) is 4.98 Å². The Morgan fingerprint density at radius 2 is 1.29 bits per heavy atom. The summed E-state index contributed by atoms with van der Waals surface area (Å²) in [5.41, 5.74) is 4.78. The lowest BCUT2D eigenvalue weighted by Gasteiger charge is -2.12. The van der Waals surface area contributed by atoms with E-state index in [0.29, 0.717) is 22.5 Å². The van der Waals surface area contributed by atoms with E-state index >= 15 is 0 Å². The number of aromatic nitrogens is 1. The van der Waals surface area contributed by atoms with Crippen molar-refractivity contribution >= 4 is 12.2 Å². The van der Waals surface area contributed by atoms with E-state index in [2.05, 4.69) is 17.1 Å². The highest BCUT2D eigenvalue weighted by molar-refractivity contribution is 7.71. The average Bonchev–Trinajstić information content (AvgIpc) is 2.62. The Kier molecular flexibility index (Phi) is 4.24. The van der Waals surface area contributed by atoms with Gasteiger partial charge in [0.1, 0.15) is 12.1 Å². The lowest BCUT2D eigenvalue weighted by molar-refractivity contribution is 1.27. The van der Waals surface area contributed by atoms with Crippen molar-refractivity contribution < 1.29 is 0 Å². The van der Waals surface area contributed by atoms with E-state index in [9.17, 15) is 10.5 Å². The maximum Gasteiger partial charge on any atom is 0.103 e. The first-order valence-electron chi connectivity index (χ1n) is 7.38. The molecule has 1 N–H and O–H groups in total. The van der Waals surface area contributed by atoms with Crippen LogP contribution in [-0.2, 0) is 0 Å². The van der Waals surface area contributed by atoms with Crippen LogP contribution in [-0.4, -0.2) is 4.98 Å². The number of nitriles is 2. The molecule has 114 valence electrons. The summed E-state index contributed by atoms with van der Waals surface area (Å²) in [6.07, 6.45) is 0. The summed E-state index contributed by atoms with van der Waals surface area (Å²) < 4.78 is 0.285. The van der Waals surface area contributed by atoms with E-state index in [0.717, 1.165) is 16.7 Å². The zero-order chi connectivity index (χ0) is 17.1. The van der Waals surface area contributed by atoms with Gasteiger partial charge in [-0.25, -0.2) is 0 Å². The fourth-order valence-electron chi connectivity index (χ4n) is 2.57. The van der Waals surface area contributed by atoms with Crippen molar-refractivity contribution in [3.8, 4) is 34.7 Å². The number of benzene rings is 2. The van der Waals surface area contributed by atoms with Gasteiger partial charge in [0, 0.05) is 0 Å². The Hall–Kier alpha value is -3.21. The molecule has 0 saturated heterocycles. The van der Waals surface area contributed by atoms with Crippen LogP contribution in [0.15, 0.2) is 54.6 Å². The number of aromatic amines is 1. The average molecular weight is 327 g/mol. The first-order chi connectivity index (χ1) is 11.7. The van der Waals surface area contributed by atoms with Gasteiger partial charge in [0.25, 0.3) is 0 Å². The van der Waals surface area contributed by atoms with Gasteiger partial charge < -0.3 is 4.98 Å². The minimum atomic E-state index is 0.285. The van der Waals surface area contributed by atoms with Crippen molar-refractivity contribution in [1.29, 1.82) is 10.5 Å². The third kappa shape index (κ3) is 2.72. The van der Waals surface area contributed by atoms with Gasteiger partial charge in [0.15, 0.2) is 0 Å². The molecule has 0 radical (unpaired) electrons. The predicted octanol–water partition coefficient (Wildman–Crippen LogP) is 5.13. The SMILES string of the molecule is Cc1ccc(-c2[nH]c(-c3ccccc3)c(C#N)c(=S)c2C#N)cc1. The van der Waals surface area contributed by atoms with Crippen molar-refractivity contribution in [2.24, 2.45) is 0 Å². The highest BCUT2D eigenvalue weighted by Gasteiger charge is 2.16. The largest absolute Gasteiger partial charge is 0.352 e. The Bertz CT molecular complexity index is 1030. The quantitative estimate of drug-likeness (QED) is 0.664. The number of H-pyrrole nitrogens is 1. The molecule has 24 heavy (non-hydrogen) atoms. The molecular weight excluding hydrogens is 314 g/mol. The smallest absolute Gasteiger partial charge is 0.103 e. The summed E-state index contributed by atoms with van der Waals surface area (Å²) in [7, 11) is 0. The summed E-state index contributed by atoms with van der Waals surface area (Å²) in [6, 6.07) is 21.7. The lowest BCUT2D eigenvalue weighted by atomic mass is 9.99. The maximum atomic E-state index is 9.55. The molecule has 4 heteroatoms. The summed E-state index contributed by atoms with van der Waals surface area (Å²) in [5.74, 6) is 0. The zero-order valence-corrected chi connectivity index (χ0v) is 13.8. The molecule has 1 aromatic heterocycles. The molecular formula is C20H13N3S. The van der Waals surface area contributed by atoms with Gasteiger partial charge >= 0.3 is 0 Å². The van der Waals surface area contributed by atoms with E-state index in [1.165, 1.54) is 0 Å². The molecule has 1 heterocycles. The third-order valence-electron chi connectivity index (χ3n) is 3.83. The van der Waals surface area contributed by atoms with Gasteiger partial charge in [0.05, 0.1) is 27.0 Å². The molecule has 0 bridgehead atoms. The Morgan fingerprint density at radius 3 is 1.79 bits per heavy atom. The van der Waals surface area contributed by atoms with Gasteiger partial charge in [-0.05, 0) is 18.1 Å². The lowest BCUT2D eigenvalue weighted by Crippen LogP contribution is -1.99. The molecule has 0 fully saturated rings. The van der Waals surface area contributed by atoms with Crippen LogP contribution in [0.25, 0.3) is 22.5 Å². The Labute approximate surface area is 145 Å². The molecule has 0 saturated carbocycles. The second kappa shape index (κ2) is 6.50. The van der Waals surface area contributed by atoms with Crippen molar-refractivity contribution in [2.45, 2.75) is 6.92 Å². The number of aryl methyl sites for hydroxylation is 1. The standard InChI is InChI=1S/C20H13N3S/c1-13-7-9-15(10-8-13)19-17(12-22)20(24)16(11-21)18(23-19)14-5-3-2-4-6-14/h2-10H,1H3,(H,23,24). The van der Waals surface area contributed by atoms with Crippen LogP contribution in [0, 0.1) is 34.1 Å². The minimum Gasteiger partial charge on any atom is -0.352 e. The first kappa shape index (κ1) is 15.7. The van der Waals surface area contributed by atoms with Crippen molar-refractivity contribution in [3.05, 3.63) is 75.8 Å². The molecule has 0 aliphatic heterocycles. The summed E-state index contributed by atoms with van der Waals surface area (Å²) >= 11 is 5.43. The molecule has 2 aromatic carbocycles. The minimum absolute atomic E-state index is 0.285. The summed E-state index contributed by atoms with van der Waals surface area (Å²) in [6.45, 7) is 2.01. The molecule has 3 rings (SSSR count). The van der Waals surface area contributed by atoms with E-state index in [-0.39, 0.29) is 4.51 Å². The van der Waals surface area contributed by atoms with Gasteiger partial charge in [-0.2, -0.15) is 10.5 Å². The zero-order valence-electron chi connectivity index (χ0n) is 13.0. The van der Waals surface area contributed by atoms with Gasteiger partial charge in [0.2, 0.25) is 0 Å². The fraction of sp³-hybridized carbons (Fsp3) is 0.0500. The molecule has 0 atom stereocenters. The highest BCUT2D eigenvalue weighted by Crippen LogP contribution is 2.30. The molecule has 0 spiro atoms. The molecule has 0 unspecified atom stereocenters. The molecule has 3 aromatic rings. The second-order valence-corrected chi connectivity index (χ2v) is 5.82. The Morgan fingerprint density at radius 1 is 0.792 bits per heavy atom. The number of hydrogen-bond acceptors (Lipinski definition) is 3. The second-order valence-electron chi connectivity index (χ2n) is 5.41. The summed E-state index contributed by atoms with van der Waals surface area (Å²) in [5, 5.41) is 19.1. The summed E-state index contributed by atoms with van der Waals surface area (Å²) in [4.78, 5) is 3.26. The highest BCUT2D eigenvalue weighted by atomic mass is 32.1. The van der Waals surface area contributed by atoms with Crippen LogP contribution in [0.1, 0.15) is 16.7 Å². The van der Waals surface area contributed by atoms with Crippen LogP contribution >= 0.6 is 12.2 Å². The predicted molar refractivity (Wildman–Crippen MR) is 96.7 cm³/mol. The molecule has 3 nitrogen and oxygen atoms in total. The van der Waals surface area contributed by atoms with E-state index in [1.807, 2.05) is 61.5 Å². The van der Waals surface area contributed by atoms with Crippen LogP contribution in [0.2, 0.25) is 0 Å². The molecule has 0 amide bonds. The van der Waals surface area contributed by atoms with Gasteiger partial charge in [-0.15, -0.1) is 0 Å². The number of pyridine rings is 1.